The van der Waals surface area contributed by atoms with Gasteiger partial charge in [0.2, 0.25) is 0 Å². The summed E-state index contributed by atoms with van der Waals surface area (Å²) in [6, 6.07) is 11.3. The topological polar surface area (TPSA) is 74.4 Å². The van der Waals surface area contributed by atoms with Gasteiger partial charge in [-0.15, -0.1) is 22.8 Å². The third-order valence-electron chi connectivity index (χ3n) is 5.15. The Kier molecular flexibility index (Phi) is 6.49. The lowest BCUT2D eigenvalue weighted by molar-refractivity contribution is 0.296. The standard InChI is InChI=1S/C22H28N4O2S/c1-5-25(6-2)13-15-7-9-16(10-8-15)26-21(23-24-22(26)29)18-11-17(14(3)4)19(27)12-20(18)28/h7-12,14,27-28H,5-6,13H2,1-4H3,(H,24,29). The van der Waals surface area contributed by atoms with Gasteiger partial charge >= 0.3 is 0 Å². The van der Waals surface area contributed by atoms with Gasteiger partial charge in [0.1, 0.15) is 11.5 Å². The molecule has 2 aromatic carbocycles. The molecule has 0 amide bonds. The van der Waals surface area contributed by atoms with Crippen molar-refractivity contribution in [2.45, 2.75) is 45.3 Å². The number of hydrogen-bond acceptors (Lipinski definition) is 6. The van der Waals surface area contributed by atoms with Crippen LogP contribution < -0.4 is 0 Å². The molecule has 3 aromatic rings. The third kappa shape index (κ3) is 4.41. The highest BCUT2D eigenvalue weighted by Crippen LogP contribution is 2.38. The van der Waals surface area contributed by atoms with E-state index in [1.54, 1.807) is 10.6 Å². The minimum Gasteiger partial charge on any atom is -0.508 e. The fraction of sp³-hybridized carbons (Fsp3) is 0.364. The summed E-state index contributed by atoms with van der Waals surface area (Å²) in [4.78, 5) is 2.35. The third-order valence-corrected chi connectivity index (χ3v) is 5.44. The Bertz CT molecular complexity index is 979. The summed E-state index contributed by atoms with van der Waals surface area (Å²) in [6.45, 7) is 11.2. The van der Waals surface area contributed by atoms with Crippen LogP contribution in [0.2, 0.25) is 0 Å². The van der Waals surface area contributed by atoms with Crippen molar-refractivity contribution >= 4 is 12.6 Å². The normalized spacial score (nSPS) is 11.6. The van der Waals surface area contributed by atoms with Gasteiger partial charge < -0.3 is 10.2 Å². The molecule has 0 atom stereocenters. The van der Waals surface area contributed by atoms with Gasteiger partial charge in [0, 0.05) is 18.3 Å². The summed E-state index contributed by atoms with van der Waals surface area (Å²) in [7, 11) is 0. The largest absolute Gasteiger partial charge is 0.508 e. The first-order valence-corrected chi connectivity index (χ1v) is 10.3. The molecule has 0 spiro atoms. The number of benzene rings is 2. The molecule has 3 rings (SSSR count). The van der Waals surface area contributed by atoms with Gasteiger partial charge in [-0.1, -0.05) is 39.8 Å². The van der Waals surface area contributed by atoms with Crippen molar-refractivity contribution in [3.8, 4) is 28.6 Å². The van der Waals surface area contributed by atoms with Crippen LogP contribution in [0.5, 0.6) is 11.5 Å². The van der Waals surface area contributed by atoms with E-state index in [9.17, 15) is 10.2 Å². The van der Waals surface area contributed by atoms with Gasteiger partial charge in [0.15, 0.2) is 11.0 Å². The zero-order chi connectivity index (χ0) is 21.1. The summed E-state index contributed by atoms with van der Waals surface area (Å²) >= 11 is 4.46. The molecule has 0 aliphatic heterocycles. The van der Waals surface area contributed by atoms with Crippen molar-refractivity contribution in [1.82, 2.24) is 19.7 Å². The summed E-state index contributed by atoms with van der Waals surface area (Å²) in [6.07, 6.45) is 0. The van der Waals surface area contributed by atoms with E-state index in [1.165, 1.54) is 11.6 Å². The minimum absolute atomic E-state index is 0.0490. The molecule has 0 unspecified atom stereocenters. The fourth-order valence-electron chi connectivity index (χ4n) is 3.38. The van der Waals surface area contributed by atoms with E-state index in [2.05, 4.69) is 53.7 Å². The molecule has 0 bridgehead atoms. The number of thiol groups is 1. The van der Waals surface area contributed by atoms with Crippen molar-refractivity contribution in [2.24, 2.45) is 0 Å². The number of hydrogen-bond donors (Lipinski definition) is 3. The summed E-state index contributed by atoms with van der Waals surface area (Å²) < 4.78 is 1.79. The number of aromatic hydroxyl groups is 2. The molecular formula is C22H28N4O2S. The Morgan fingerprint density at radius 2 is 1.66 bits per heavy atom. The molecule has 6 nitrogen and oxygen atoms in total. The molecule has 29 heavy (non-hydrogen) atoms. The van der Waals surface area contributed by atoms with Crippen molar-refractivity contribution in [3.05, 3.63) is 47.5 Å². The predicted octanol–water partition coefficient (Wildman–Crippen LogP) is 4.60. The smallest absolute Gasteiger partial charge is 0.193 e. The molecule has 1 heterocycles. The van der Waals surface area contributed by atoms with E-state index in [1.807, 2.05) is 26.0 Å². The van der Waals surface area contributed by atoms with Crippen molar-refractivity contribution in [1.29, 1.82) is 0 Å². The van der Waals surface area contributed by atoms with Crippen LogP contribution in [-0.2, 0) is 6.54 Å². The van der Waals surface area contributed by atoms with E-state index in [0.29, 0.717) is 16.5 Å². The van der Waals surface area contributed by atoms with Crippen molar-refractivity contribution in [2.75, 3.05) is 13.1 Å². The summed E-state index contributed by atoms with van der Waals surface area (Å²) in [5.74, 6) is 0.595. The lowest BCUT2D eigenvalue weighted by atomic mass is 9.98. The number of nitrogens with zero attached hydrogens (tertiary/aromatic N) is 4. The van der Waals surface area contributed by atoms with Crippen LogP contribution in [0.15, 0.2) is 41.6 Å². The minimum atomic E-state index is -0.0490. The quantitative estimate of drug-likeness (QED) is 0.495. The number of phenolic OH excluding ortho intramolecular Hbond substituents is 2. The van der Waals surface area contributed by atoms with Crippen LogP contribution >= 0.6 is 12.6 Å². The van der Waals surface area contributed by atoms with Gasteiger partial charge in [0.05, 0.1) is 5.56 Å². The average molecular weight is 413 g/mol. The van der Waals surface area contributed by atoms with E-state index < -0.39 is 0 Å². The molecule has 0 fully saturated rings. The maximum atomic E-state index is 10.5. The second-order valence-electron chi connectivity index (χ2n) is 7.37. The first-order chi connectivity index (χ1) is 13.8. The molecule has 0 radical (unpaired) electrons. The Morgan fingerprint density at radius 3 is 2.24 bits per heavy atom. The zero-order valence-corrected chi connectivity index (χ0v) is 18.2. The van der Waals surface area contributed by atoms with Crippen molar-refractivity contribution in [3.63, 3.8) is 0 Å². The Morgan fingerprint density at radius 1 is 1.00 bits per heavy atom. The fourth-order valence-corrected chi connectivity index (χ4v) is 3.63. The van der Waals surface area contributed by atoms with E-state index in [0.717, 1.165) is 30.9 Å². The van der Waals surface area contributed by atoms with Gasteiger partial charge in [-0.3, -0.25) is 9.47 Å². The Labute approximate surface area is 177 Å². The first-order valence-electron chi connectivity index (χ1n) is 9.87. The molecule has 1 aromatic heterocycles. The lowest BCUT2D eigenvalue weighted by Crippen LogP contribution is -2.22. The first kappa shape index (κ1) is 21.2. The maximum Gasteiger partial charge on any atom is 0.193 e. The van der Waals surface area contributed by atoms with Gasteiger partial charge in [-0.25, -0.2) is 0 Å². The summed E-state index contributed by atoms with van der Waals surface area (Å²) in [5.41, 5.74) is 3.33. The number of aromatic nitrogens is 3. The molecular weight excluding hydrogens is 384 g/mol. The average Bonchev–Trinajstić information content (AvgIpc) is 3.07. The predicted molar refractivity (Wildman–Crippen MR) is 118 cm³/mol. The number of rotatable bonds is 7. The molecule has 7 heteroatoms. The molecule has 0 aliphatic carbocycles. The van der Waals surface area contributed by atoms with E-state index in [-0.39, 0.29) is 17.4 Å². The van der Waals surface area contributed by atoms with Crippen molar-refractivity contribution < 1.29 is 10.2 Å². The van der Waals surface area contributed by atoms with Crippen LogP contribution in [0.3, 0.4) is 0 Å². The van der Waals surface area contributed by atoms with Crippen LogP contribution in [0.25, 0.3) is 17.1 Å². The highest BCUT2D eigenvalue weighted by molar-refractivity contribution is 7.80. The second kappa shape index (κ2) is 8.88. The summed E-state index contributed by atoms with van der Waals surface area (Å²) in [5, 5.41) is 29.4. The van der Waals surface area contributed by atoms with Crippen LogP contribution in [0.1, 0.15) is 44.7 Å². The van der Waals surface area contributed by atoms with Gasteiger partial charge in [0.25, 0.3) is 0 Å². The molecule has 154 valence electrons. The Hall–Kier alpha value is -2.51. The zero-order valence-electron chi connectivity index (χ0n) is 17.3. The highest BCUT2D eigenvalue weighted by Gasteiger charge is 2.20. The lowest BCUT2D eigenvalue weighted by Gasteiger charge is -2.18. The molecule has 0 aliphatic rings. The monoisotopic (exact) mass is 412 g/mol. The van der Waals surface area contributed by atoms with Crippen LogP contribution in [-0.4, -0.2) is 43.0 Å². The SMILES string of the molecule is CCN(CC)Cc1ccc(-n2c(S)nnc2-c2cc(C(C)C)c(O)cc2O)cc1. The molecule has 2 N–H and O–H groups in total. The number of phenols is 2. The van der Waals surface area contributed by atoms with E-state index in [4.69, 9.17) is 0 Å². The highest BCUT2D eigenvalue weighted by atomic mass is 32.1. The molecule has 0 saturated carbocycles. The van der Waals surface area contributed by atoms with Crippen LogP contribution in [0.4, 0.5) is 0 Å². The Balaban J connectivity index is 2.02. The van der Waals surface area contributed by atoms with Crippen LogP contribution in [0, 0.1) is 0 Å². The van der Waals surface area contributed by atoms with E-state index >= 15 is 0 Å². The van der Waals surface area contributed by atoms with Gasteiger partial charge in [-0.2, -0.15) is 0 Å². The van der Waals surface area contributed by atoms with Gasteiger partial charge in [-0.05, 0) is 48.3 Å². The second-order valence-corrected chi connectivity index (χ2v) is 7.77. The maximum absolute atomic E-state index is 10.5. The molecule has 0 saturated heterocycles.